The normalized spacial score (nSPS) is 11.3. The molecule has 112 valence electrons. The molecule has 0 aliphatic carbocycles. The number of aromatic nitrogens is 2. The molecular formula is C13H11F4N3O. The molecule has 0 saturated carbocycles. The Morgan fingerprint density at radius 1 is 1.14 bits per heavy atom. The summed E-state index contributed by atoms with van der Waals surface area (Å²) in [5.74, 6) is -0.620. The number of hydrogen-bond acceptors (Lipinski definition) is 4. The van der Waals surface area contributed by atoms with Crippen LogP contribution in [0.4, 0.5) is 23.4 Å². The first-order valence-electron chi connectivity index (χ1n) is 5.87. The van der Waals surface area contributed by atoms with Crippen LogP contribution < -0.4 is 10.1 Å². The zero-order chi connectivity index (χ0) is 15.6. The molecule has 0 unspecified atom stereocenters. The Bertz CT molecular complexity index is 658. The van der Waals surface area contributed by atoms with Crippen LogP contribution in [-0.2, 0) is 6.18 Å². The summed E-state index contributed by atoms with van der Waals surface area (Å²) in [6.07, 6.45) is -4.79. The summed E-state index contributed by atoms with van der Waals surface area (Å²) < 4.78 is 56.3. The van der Waals surface area contributed by atoms with Crippen molar-refractivity contribution in [3.05, 3.63) is 41.5 Å². The lowest BCUT2D eigenvalue weighted by atomic mass is 10.2. The summed E-state index contributed by atoms with van der Waals surface area (Å²) in [4.78, 5) is 7.97. The van der Waals surface area contributed by atoms with E-state index in [4.69, 9.17) is 4.74 Å². The average molecular weight is 301 g/mol. The number of aryl methyl sites for hydroxylation is 1. The Morgan fingerprint density at radius 2 is 1.86 bits per heavy atom. The molecule has 1 N–H and O–H groups in total. The summed E-state index contributed by atoms with van der Waals surface area (Å²) in [5, 5.41) is 2.77. The standard InChI is InChI=1S/C13H11F4N3O/c1-7-19-11(18-2)6-12(20-7)21-8-3-4-10(14)9(5-8)13(15,16)17/h3-6H,1-2H3,(H,18,19,20). The van der Waals surface area contributed by atoms with E-state index >= 15 is 0 Å². The molecule has 0 aliphatic heterocycles. The fourth-order valence-corrected chi connectivity index (χ4v) is 1.63. The summed E-state index contributed by atoms with van der Waals surface area (Å²) in [5.41, 5.74) is -1.39. The van der Waals surface area contributed by atoms with Crippen LogP contribution in [0.15, 0.2) is 24.3 Å². The minimum absolute atomic E-state index is 0.0617. The van der Waals surface area contributed by atoms with Gasteiger partial charge < -0.3 is 10.1 Å². The summed E-state index contributed by atoms with van der Waals surface area (Å²) in [7, 11) is 1.63. The van der Waals surface area contributed by atoms with Gasteiger partial charge in [-0.05, 0) is 25.1 Å². The fourth-order valence-electron chi connectivity index (χ4n) is 1.63. The number of nitrogens with one attached hydrogen (secondary N) is 1. The predicted octanol–water partition coefficient (Wildman–Crippen LogP) is 3.78. The molecule has 4 nitrogen and oxygen atoms in total. The number of hydrogen-bond donors (Lipinski definition) is 1. The molecule has 2 aromatic rings. The van der Waals surface area contributed by atoms with E-state index in [1.165, 1.54) is 6.07 Å². The van der Waals surface area contributed by atoms with Crippen molar-refractivity contribution >= 4 is 5.82 Å². The SMILES string of the molecule is CNc1cc(Oc2ccc(F)c(C(F)(F)F)c2)nc(C)n1. The smallest absolute Gasteiger partial charge is 0.419 e. The Hall–Kier alpha value is -2.38. The fraction of sp³-hybridized carbons (Fsp3) is 0.231. The van der Waals surface area contributed by atoms with E-state index < -0.39 is 17.6 Å². The Balaban J connectivity index is 2.34. The van der Waals surface area contributed by atoms with Crippen molar-refractivity contribution in [1.29, 1.82) is 0 Å². The molecule has 0 spiro atoms. The van der Waals surface area contributed by atoms with Crippen LogP contribution in [0.2, 0.25) is 0 Å². The number of nitrogens with zero attached hydrogens (tertiary/aromatic N) is 2. The van der Waals surface area contributed by atoms with E-state index in [-0.39, 0.29) is 11.6 Å². The van der Waals surface area contributed by atoms with Gasteiger partial charge in [0, 0.05) is 13.1 Å². The number of anilines is 1. The van der Waals surface area contributed by atoms with Crippen LogP contribution in [0, 0.1) is 12.7 Å². The van der Waals surface area contributed by atoms with Gasteiger partial charge in [0.25, 0.3) is 0 Å². The number of benzene rings is 1. The molecular weight excluding hydrogens is 290 g/mol. The van der Waals surface area contributed by atoms with E-state index in [9.17, 15) is 17.6 Å². The molecule has 1 aromatic heterocycles. The second-order valence-corrected chi connectivity index (χ2v) is 4.13. The van der Waals surface area contributed by atoms with Crippen molar-refractivity contribution in [2.45, 2.75) is 13.1 Å². The van der Waals surface area contributed by atoms with Crippen LogP contribution in [0.25, 0.3) is 0 Å². The lowest BCUT2D eigenvalue weighted by molar-refractivity contribution is -0.140. The van der Waals surface area contributed by atoms with E-state index in [0.717, 1.165) is 6.07 Å². The van der Waals surface area contributed by atoms with Gasteiger partial charge >= 0.3 is 6.18 Å². The topological polar surface area (TPSA) is 47.0 Å². The van der Waals surface area contributed by atoms with Gasteiger partial charge in [0.05, 0.1) is 5.56 Å². The monoisotopic (exact) mass is 301 g/mol. The third-order valence-corrected chi connectivity index (χ3v) is 2.54. The van der Waals surface area contributed by atoms with Crippen LogP contribution >= 0.6 is 0 Å². The Kier molecular flexibility index (Phi) is 3.97. The van der Waals surface area contributed by atoms with Crippen molar-refractivity contribution in [3.63, 3.8) is 0 Å². The average Bonchev–Trinajstić information content (AvgIpc) is 2.39. The van der Waals surface area contributed by atoms with Crippen LogP contribution in [0.1, 0.15) is 11.4 Å². The maximum Gasteiger partial charge on any atom is 0.419 e. The second kappa shape index (κ2) is 5.55. The van der Waals surface area contributed by atoms with Gasteiger partial charge in [0.2, 0.25) is 5.88 Å². The highest BCUT2D eigenvalue weighted by Crippen LogP contribution is 2.34. The van der Waals surface area contributed by atoms with Gasteiger partial charge in [-0.15, -0.1) is 0 Å². The zero-order valence-corrected chi connectivity index (χ0v) is 11.1. The molecule has 0 fully saturated rings. The quantitative estimate of drug-likeness (QED) is 0.877. The minimum atomic E-state index is -4.79. The Labute approximate surface area is 117 Å². The molecule has 0 aliphatic rings. The maximum absolute atomic E-state index is 13.2. The molecule has 2 rings (SSSR count). The van der Waals surface area contributed by atoms with Gasteiger partial charge in [-0.1, -0.05) is 0 Å². The lowest BCUT2D eigenvalue weighted by Gasteiger charge is -2.11. The number of ether oxygens (including phenoxy) is 1. The first-order chi connectivity index (χ1) is 9.79. The van der Waals surface area contributed by atoms with E-state index in [1.54, 1.807) is 14.0 Å². The third-order valence-electron chi connectivity index (χ3n) is 2.54. The van der Waals surface area contributed by atoms with E-state index in [1.807, 2.05) is 0 Å². The summed E-state index contributed by atoms with van der Waals surface area (Å²) >= 11 is 0. The highest BCUT2D eigenvalue weighted by Gasteiger charge is 2.34. The lowest BCUT2D eigenvalue weighted by Crippen LogP contribution is -2.08. The molecule has 0 amide bonds. The van der Waals surface area contributed by atoms with Crippen molar-refractivity contribution in [3.8, 4) is 11.6 Å². The van der Waals surface area contributed by atoms with Gasteiger partial charge in [-0.3, -0.25) is 0 Å². The molecule has 0 atom stereocenters. The molecule has 0 saturated heterocycles. The Morgan fingerprint density at radius 3 is 2.48 bits per heavy atom. The molecule has 1 aromatic carbocycles. The van der Waals surface area contributed by atoms with Gasteiger partial charge in [-0.2, -0.15) is 18.2 Å². The maximum atomic E-state index is 13.2. The molecule has 0 radical (unpaired) electrons. The van der Waals surface area contributed by atoms with Crippen molar-refractivity contribution in [1.82, 2.24) is 9.97 Å². The predicted molar refractivity (Wildman–Crippen MR) is 67.8 cm³/mol. The first kappa shape index (κ1) is 15.0. The molecule has 0 bridgehead atoms. The highest BCUT2D eigenvalue weighted by atomic mass is 19.4. The van der Waals surface area contributed by atoms with Crippen molar-refractivity contribution in [2.75, 3.05) is 12.4 Å². The first-order valence-corrected chi connectivity index (χ1v) is 5.87. The van der Waals surface area contributed by atoms with Gasteiger partial charge in [0.1, 0.15) is 23.2 Å². The minimum Gasteiger partial charge on any atom is -0.439 e. The highest BCUT2D eigenvalue weighted by molar-refractivity contribution is 5.40. The molecule has 21 heavy (non-hydrogen) atoms. The summed E-state index contributed by atoms with van der Waals surface area (Å²) in [6, 6.07) is 3.81. The zero-order valence-electron chi connectivity index (χ0n) is 11.1. The van der Waals surface area contributed by atoms with Crippen LogP contribution in [-0.4, -0.2) is 17.0 Å². The van der Waals surface area contributed by atoms with Gasteiger partial charge in [0.15, 0.2) is 0 Å². The molecule has 1 heterocycles. The van der Waals surface area contributed by atoms with Crippen molar-refractivity contribution < 1.29 is 22.3 Å². The van der Waals surface area contributed by atoms with Crippen LogP contribution in [0.5, 0.6) is 11.6 Å². The van der Waals surface area contributed by atoms with E-state index in [0.29, 0.717) is 23.8 Å². The number of halogens is 4. The van der Waals surface area contributed by atoms with Crippen molar-refractivity contribution in [2.24, 2.45) is 0 Å². The number of alkyl halides is 3. The van der Waals surface area contributed by atoms with E-state index in [2.05, 4.69) is 15.3 Å². The van der Waals surface area contributed by atoms with Gasteiger partial charge in [-0.25, -0.2) is 9.37 Å². The molecule has 8 heteroatoms. The second-order valence-electron chi connectivity index (χ2n) is 4.13. The third kappa shape index (κ3) is 3.59. The largest absolute Gasteiger partial charge is 0.439 e. The summed E-state index contributed by atoms with van der Waals surface area (Å²) in [6.45, 7) is 1.61. The van der Waals surface area contributed by atoms with Crippen LogP contribution in [0.3, 0.4) is 0 Å². The number of rotatable bonds is 3.